The number of nitrogens with one attached hydrogen (secondary N) is 1. The fourth-order valence-electron chi connectivity index (χ4n) is 4.63. The summed E-state index contributed by atoms with van der Waals surface area (Å²) in [5, 5.41) is 2.91. The Morgan fingerprint density at radius 1 is 1.03 bits per heavy atom. The van der Waals surface area contributed by atoms with Crippen molar-refractivity contribution in [3.8, 4) is 0 Å². The van der Waals surface area contributed by atoms with Crippen LogP contribution in [0, 0.1) is 0 Å². The van der Waals surface area contributed by atoms with Gasteiger partial charge in [-0.1, -0.05) is 12.1 Å². The molecule has 2 aliphatic heterocycles. The van der Waals surface area contributed by atoms with E-state index in [1.54, 1.807) is 18.2 Å². The monoisotopic (exact) mass is 455 g/mol. The van der Waals surface area contributed by atoms with Crippen LogP contribution in [-0.2, 0) is 23.0 Å². The lowest BCUT2D eigenvalue weighted by Gasteiger charge is -2.26. The van der Waals surface area contributed by atoms with Gasteiger partial charge >= 0.3 is 0 Å². The van der Waals surface area contributed by atoms with E-state index in [-0.39, 0.29) is 17.9 Å². The number of nitrogens with zero attached hydrogens (tertiary/aromatic N) is 2. The minimum atomic E-state index is -3.36. The van der Waals surface area contributed by atoms with Crippen molar-refractivity contribution >= 4 is 27.5 Å². The summed E-state index contributed by atoms with van der Waals surface area (Å²) >= 11 is 0. The van der Waals surface area contributed by atoms with Gasteiger partial charge in [-0.05, 0) is 74.1 Å². The molecule has 2 amide bonds. The second-order valence-corrected chi connectivity index (χ2v) is 10.6. The second kappa shape index (κ2) is 8.94. The van der Waals surface area contributed by atoms with Crippen molar-refractivity contribution in [1.29, 1.82) is 0 Å². The molecule has 0 saturated carbocycles. The molecule has 1 saturated heterocycles. The summed E-state index contributed by atoms with van der Waals surface area (Å²) in [7, 11) is -3.36. The molecule has 4 rings (SSSR count). The number of amides is 2. The summed E-state index contributed by atoms with van der Waals surface area (Å²) in [6, 6.07) is 12.3. The average Bonchev–Trinajstić information content (AvgIpc) is 3.13. The zero-order chi connectivity index (χ0) is 22.9. The lowest BCUT2D eigenvalue weighted by molar-refractivity contribution is 0.0724. The number of piperidine rings is 1. The molecule has 0 radical (unpaired) electrons. The predicted molar refractivity (Wildman–Crippen MR) is 124 cm³/mol. The number of hydrogen-bond acceptors (Lipinski definition) is 4. The van der Waals surface area contributed by atoms with Crippen LogP contribution in [-0.4, -0.2) is 50.5 Å². The van der Waals surface area contributed by atoms with Crippen molar-refractivity contribution in [2.24, 2.45) is 0 Å². The minimum absolute atomic E-state index is 0.0426. The first-order valence-corrected chi connectivity index (χ1v) is 12.9. The zero-order valence-corrected chi connectivity index (χ0v) is 19.3. The Balaban J connectivity index is 1.43. The van der Waals surface area contributed by atoms with Gasteiger partial charge in [0.05, 0.1) is 11.9 Å². The van der Waals surface area contributed by atoms with Gasteiger partial charge in [0, 0.05) is 36.8 Å². The van der Waals surface area contributed by atoms with Crippen LogP contribution in [0.15, 0.2) is 42.5 Å². The van der Waals surface area contributed by atoms with Crippen LogP contribution in [0.3, 0.4) is 0 Å². The van der Waals surface area contributed by atoms with Gasteiger partial charge in [-0.2, -0.15) is 0 Å². The molecule has 2 heterocycles. The molecule has 2 aliphatic rings. The van der Waals surface area contributed by atoms with E-state index in [9.17, 15) is 18.0 Å². The van der Waals surface area contributed by atoms with E-state index in [4.69, 9.17) is 0 Å². The molecular weight excluding hydrogens is 426 g/mol. The number of likely N-dealkylation sites (tertiary alicyclic amines) is 1. The van der Waals surface area contributed by atoms with Crippen molar-refractivity contribution in [1.82, 2.24) is 10.2 Å². The highest BCUT2D eigenvalue weighted by atomic mass is 32.2. The maximum atomic E-state index is 12.7. The summed E-state index contributed by atoms with van der Waals surface area (Å²) in [4.78, 5) is 27.4. The lowest BCUT2D eigenvalue weighted by atomic mass is 10.1. The Hall–Kier alpha value is -2.87. The fraction of sp³-hybridized carbons (Fsp3) is 0.417. The lowest BCUT2D eigenvalue weighted by Crippen LogP contribution is -2.35. The molecule has 32 heavy (non-hydrogen) atoms. The molecule has 1 N–H and O–H groups in total. The summed E-state index contributed by atoms with van der Waals surface area (Å²) in [6.45, 7) is 3.77. The van der Waals surface area contributed by atoms with Gasteiger partial charge in [-0.3, -0.25) is 13.9 Å². The summed E-state index contributed by atoms with van der Waals surface area (Å²) in [5.41, 5.74) is 3.49. The van der Waals surface area contributed by atoms with Crippen molar-refractivity contribution < 1.29 is 18.0 Å². The molecule has 0 aromatic heterocycles. The van der Waals surface area contributed by atoms with Gasteiger partial charge in [0.15, 0.2) is 0 Å². The first-order valence-electron chi connectivity index (χ1n) is 11.0. The number of fused-ring (bicyclic) bond motifs is 1. The largest absolute Gasteiger partial charge is 0.348 e. The number of sulfonamides is 1. The predicted octanol–water partition coefficient (Wildman–Crippen LogP) is 2.95. The van der Waals surface area contributed by atoms with Gasteiger partial charge < -0.3 is 10.2 Å². The van der Waals surface area contributed by atoms with E-state index < -0.39 is 10.0 Å². The number of carbonyl (C=O) groups excluding carboxylic acids is 2. The summed E-state index contributed by atoms with van der Waals surface area (Å²) in [5.74, 6) is -0.188. The zero-order valence-electron chi connectivity index (χ0n) is 18.5. The topological polar surface area (TPSA) is 86.8 Å². The Morgan fingerprint density at radius 2 is 1.78 bits per heavy atom. The van der Waals surface area contributed by atoms with Crippen LogP contribution in [0.2, 0.25) is 0 Å². The molecular formula is C24H29N3O4S. The van der Waals surface area contributed by atoms with E-state index >= 15 is 0 Å². The van der Waals surface area contributed by atoms with Gasteiger partial charge in [-0.15, -0.1) is 0 Å². The van der Waals surface area contributed by atoms with Crippen molar-refractivity contribution in [3.63, 3.8) is 0 Å². The molecule has 1 atom stereocenters. The van der Waals surface area contributed by atoms with Crippen molar-refractivity contribution in [3.05, 3.63) is 64.7 Å². The molecule has 1 unspecified atom stereocenters. The van der Waals surface area contributed by atoms with Crippen LogP contribution in [0.4, 0.5) is 5.69 Å². The fourth-order valence-corrected chi connectivity index (χ4v) is 5.89. The van der Waals surface area contributed by atoms with Gasteiger partial charge in [0.2, 0.25) is 10.0 Å². The first-order chi connectivity index (χ1) is 15.2. The van der Waals surface area contributed by atoms with E-state index in [1.165, 1.54) is 17.0 Å². The molecule has 1 fully saturated rings. The molecule has 2 aromatic carbocycles. The van der Waals surface area contributed by atoms with Crippen LogP contribution >= 0.6 is 0 Å². The number of benzene rings is 2. The highest BCUT2D eigenvalue weighted by Gasteiger charge is 2.32. The molecule has 0 aliphatic carbocycles. The van der Waals surface area contributed by atoms with Gasteiger partial charge in [0.25, 0.3) is 11.8 Å². The highest BCUT2D eigenvalue weighted by molar-refractivity contribution is 7.92. The molecule has 0 bridgehead atoms. The highest BCUT2D eigenvalue weighted by Crippen LogP contribution is 2.34. The Kier molecular flexibility index (Phi) is 6.24. The second-order valence-electron chi connectivity index (χ2n) is 8.69. The maximum Gasteiger partial charge on any atom is 0.253 e. The molecule has 2 aromatic rings. The third-order valence-electron chi connectivity index (χ3n) is 6.12. The van der Waals surface area contributed by atoms with Crippen LogP contribution < -0.4 is 9.62 Å². The Labute approximate surface area is 189 Å². The van der Waals surface area contributed by atoms with E-state index in [0.717, 1.165) is 37.1 Å². The normalized spacial score (nSPS) is 18.4. The van der Waals surface area contributed by atoms with E-state index in [2.05, 4.69) is 5.32 Å². The number of hydrogen-bond donors (Lipinski definition) is 1. The summed E-state index contributed by atoms with van der Waals surface area (Å²) in [6.07, 6.45) is 5.03. The molecule has 0 spiro atoms. The SMILES string of the molecule is CC1Cc2cc(C(=O)NCc3cccc(C(=O)N4CCCCC4)c3)ccc2N1S(C)(=O)=O. The third-order valence-corrected chi connectivity index (χ3v) is 7.39. The Morgan fingerprint density at radius 3 is 2.50 bits per heavy atom. The maximum absolute atomic E-state index is 12.7. The smallest absolute Gasteiger partial charge is 0.253 e. The van der Waals surface area contributed by atoms with Crippen molar-refractivity contribution in [2.45, 2.75) is 45.2 Å². The van der Waals surface area contributed by atoms with Crippen LogP contribution in [0.5, 0.6) is 0 Å². The quantitative estimate of drug-likeness (QED) is 0.751. The summed E-state index contributed by atoms with van der Waals surface area (Å²) < 4.78 is 25.6. The third kappa shape index (κ3) is 4.65. The standard InChI is InChI=1S/C24H29N3O4S/c1-17-13-21-15-19(9-10-22(21)27(17)32(2,30)31)23(28)25-16-18-7-6-8-20(14-18)24(29)26-11-4-3-5-12-26/h6-10,14-15,17H,3-5,11-13,16H2,1-2H3,(H,25,28). The number of carbonyl (C=O) groups is 2. The van der Waals surface area contributed by atoms with Gasteiger partial charge in [-0.25, -0.2) is 8.42 Å². The van der Waals surface area contributed by atoms with Gasteiger partial charge in [0.1, 0.15) is 0 Å². The van der Waals surface area contributed by atoms with E-state index in [1.807, 2.05) is 36.1 Å². The Bertz CT molecular complexity index is 1140. The molecule has 170 valence electrons. The van der Waals surface area contributed by atoms with Crippen molar-refractivity contribution in [2.75, 3.05) is 23.7 Å². The molecule has 7 nitrogen and oxygen atoms in total. The van der Waals surface area contributed by atoms with Crippen LogP contribution in [0.1, 0.15) is 58.0 Å². The molecule has 8 heteroatoms. The number of rotatable bonds is 5. The average molecular weight is 456 g/mol. The van der Waals surface area contributed by atoms with Crippen LogP contribution in [0.25, 0.3) is 0 Å². The number of anilines is 1. The minimum Gasteiger partial charge on any atom is -0.348 e. The first kappa shape index (κ1) is 22.3. The van der Waals surface area contributed by atoms with E-state index in [0.29, 0.717) is 29.8 Å².